The normalized spacial score (nSPS) is 27.0. The number of anilines is 1. The zero-order valence-corrected chi connectivity index (χ0v) is 13.2. The minimum atomic E-state index is -1.24. The lowest BCUT2D eigenvalue weighted by molar-refractivity contribution is -0.0511. The molecule has 1 unspecified atom stereocenters. The van der Waals surface area contributed by atoms with Crippen LogP contribution in [0.4, 0.5) is 5.82 Å². The van der Waals surface area contributed by atoms with Crippen LogP contribution < -0.4 is 10.5 Å². The number of ether oxygens (including phenoxy) is 2. The number of aromatic nitrogens is 4. The van der Waals surface area contributed by atoms with Gasteiger partial charge in [0, 0.05) is 0 Å². The summed E-state index contributed by atoms with van der Waals surface area (Å²) in [5, 5.41) is 29.3. The van der Waals surface area contributed by atoms with E-state index in [4.69, 9.17) is 15.2 Å². The highest BCUT2D eigenvalue weighted by Gasteiger charge is 2.44. The molecule has 1 saturated heterocycles. The number of hydrogen-bond donors (Lipinski definition) is 4. The van der Waals surface area contributed by atoms with Crippen LogP contribution in [0.15, 0.2) is 6.33 Å². The predicted octanol–water partition coefficient (Wildman–Crippen LogP) is -0.801. The highest BCUT2D eigenvalue weighted by atomic mass is 16.6. The van der Waals surface area contributed by atoms with Gasteiger partial charge in [0.1, 0.15) is 18.3 Å². The van der Waals surface area contributed by atoms with Crippen LogP contribution in [-0.4, -0.2) is 66.4 Å². The van der Waals surface area contributed by atoms with E-state index in [-0.39, 0.29) is 11.8 Å². The van der Waals surface area contributed by atoms with Crippen LogP contribution in [0.3, 0.4) is 0 Å². The van der Waals surface area contributed by atoms with Gasteiger partial charge >= 0.3 is 6.01 Å². The molecule has 3 rings (SSSR count). The smallest absolute Gasteiger partial charge is 0.320 e. The van der Waals surface area contributed by atoms with E-state index in [0.717, 1.165) is 12.8 Å². The molecule has 10 heteroatoms. The Hall–Kier alpha value is -2.01. The lowest BCUT2D eigenvalue weighted by Crippen LogP contribution is -2.33. The number of unbranched alkanes of at least 4 members (excludes halogenated alkanes) is 1. The largest absolute Gasteiger partial charge is 0.463 e. The van der Waals surface area contributed by atoms with Crippen molar-refractivity contribution >= 4 is 17.0 Å². The molecule has 2 aromatic heterocycles. The molecule has 0 aromatic carbocycles. The van der Waals surface area contributed by atoms with Gasteiger partial charge in [-0.3, -0.25) is 4.57 Å². The monoisotopic (exact) mass is 339 g/mol. The molecule has 0 amide bonds. The molecule has 0 aliphatic carbocycles. The lowest BCUT2D eigenvalue weighted by Gasteiger charge is -2.16. The first kappa shape index (κ1) is 16.8. The van der Waals surface area contributed by atoms with E-state index in [2.05, 4.69) is 15.0 Å². The molecule has 3 heterocycles. The summed E-state index contributed by atoms with van der Waals surface area (Å²) in [6.07, 6.45) is -1.06. The third-order valence-corrected chi connectivity index (χ3v) is 3.95. The van der Waals surface area contributed by atoms with Crippen LogP contribution in [0, 0.1) is 0 Å². The standard InChI is InChI=1S/C14H21N5O5/c1-2-3-4-23-14-17-11(15)8-12(18-14)19(6-16-8)13-10(22)9(21)7(5-20)24-13/h6-7,9-10,13,20-22H,2-5H2,1H3,(H2,15,17,18)/t7-,9-,10-,13?/m0/s1. The average Bonchev–Trinajstić information content (AvgIpc) is 3.10. The number of aliphatic hydroxyl groups excluding tert-OH is 3. The molecule has 0 saturated carbocycles. The van der Waals surface area contributed by atoms with Gasteiger partial charge in [-0.25, -0.2) is 4.98 Å². The number of aliphatic hydroxyl groups is 3. The van der Waals surface area contributed by atoms with Crippen molar-refractivity contribution in [3.05, 3.63) is 6.33 Å². The molecular weight excluding hydrogens is 318 g/mol. The van der Waals surface area contributed by atoms with Crippen molar-refractivity contribution < 1.29 is 24.8 Å². The quantitative estimate of drug-likeness (QED) is 0.496. The van der Waals surface area contributed by atoms with E-state index in [9.17, 15) is 15.3 Å². The Bertz CT molecular complexity index is 708. The number of hydrogen-bond acceptors (Lipinski definition) is 9. The zero-order valence-electron chi connectivity index (χ0n) is 13.2. The molecule has 1 fully saturated rings. The molecule has 5 N–H and O–H groups in total. The van der Waals surface area contributed by atoms with Gasteiger partial charge < -0.3 is 30.5 Å². The first-order chi connectivity index (χ1) is 11.6. The van der Waals surface area contributed by atoms with Gasteiger partial charge in [0.25, 0.3) is 0 Å². The molecule has 1 aliphatic rings. The van der Waals surface area contributed by atoms with Gasteiger partial charge in [0.15, 0.2) is 23.2 Å². The second-order valence-corrected chi connectivity index (χ2v) is 5.65. The minimum absolute atomic E-state index is 0.113. The van der Waals surface area contributed by atoms with Crippen molar-refractivity contribution in [3.8, 4) is 6.01 Å². The molecule has 0 radical (unpaired) electrons. The Labute approximate surface area is 137 Å². The SMILES string of the molecule is CCCCOc1nc(N)c2ncn(C3O[C@@H](CO)[C@H](O)[C@@H]3O)c2n1. The Morgan fingerprint density at radius 3 is 2.79 bits per heavy atom. The van der Waals surface area contributed by atoms with Crippen LogP contribution in [0.25, 0.3) is 11.2 Å². The van der Waals surface area contributed by atoms with Gasteiger partial charge in [0.2, 0.25) is 0 Å². The number of nitrogens with zero attached hydrogens (tertiary/aromatic N) is 4. The second-order valence-electron chi connectivity index (χ2n) is 5.65. The number of rotatable bonds is 6. The summed E-state index contributed by atoms with van der Waals surface area (Å²) < 4.78 is 12.4. The second kappa shape index (κ2) is 6.85. The molecule has 2 aromatic rings. The van der Waals surface area contributed by atoms with Crippen molar-refractivity contribution in [2.45, 2.75) is 44.3 Å². The van der Waals surface area contributed by atoms with Crippen molar-refractivity contribution in [2.24, 2.45) is 0 Å². The predicted molar refractivity (Wildman–Crippen MR) is 83.1 cm³/mol. The molecule has 0 spiro atoms. The summed E-state index contributed by atoms with van der Waals surface area (Å²) in [5.74, 6) is 0.150. The number of nitrogen functional groups attached to an aromatic ring is 1. The van der Waals surface area contributed by atoms with E-state index in [1.54, 1.807) is 0 Å². The summed E-state index contributed by atoms with van der Waals surface area (Å²) in [6.45, 7) is 2.09. The fourth-order valence-electron chi connectivity index (χ4n) is 2.59. The first-order valence-electron chi connectivity index (χ1n) is 7.82. The van der Waals surface area contributed by atoms with E-state index in [0.29, 0.717) is 17.8 Å². The third kappa shape index (κ3) is 2.88. The Kier molecular flexibility index (Phi) is 4.81. The maximum absolute atomic E-state index is 10.2. The average molecular weight is 339 g/mol. The fraction of sp³-hybridized carbons (Fsp3) is 0.643. The number of imidazole rings is 1. The molecule has 132 valence electrons. The van der Waals surface area contributed by atoms with E-state index in [1.165, 1.54) is 10.9 Å². The molecule has 1 aliphatic heterocycles. The van der Waals surface area contributed by atoms with E-state index < -0.39 is 31.1 Å². The molecule has 4 atom stereocenters. The number of nitrogens with two attached hydrogens (primary N) is 1. The summed E-state index contributed by atoms with van der Waals surface area (Å²) >= 11 is 0. The first-order valence-corrected chi connectivity index (χ1v) is 7.82. The van der Waals surface area contributed by atoms with Crippen molar-refractivity contribution in [2.75, 3.05) is 18.9 Å². The number of fused-ring (bicyclic) bond motifs is 1. The van der Waals surface area contributed by atoms with Gasteiger partial charge in [-0.1, -0.05) is 13.3 Å². The van der Waals surface area contributed by atoms with Gasteiger partial charge in [-0.05, 0) is 6.42 Å². The summed E-state index contributed by atoms with van der Waals surface area (Å²) in [7, 11) is 0. The maximum atomic E-state index is 10.2. The van der Waals surface area contributed by atoms with Gasteiger partial charge in [0.05, 0.1) is 19.5 Å². The lowest BCUT2D eigenvalue weighted by atomic mass is 10.1. The van der Waals surface area contributed by atoms with Crippen LogP contribution in [-0.2, 0) is 4.74 Å². The maximum Gasteiger partial charge on any atom is 0.320 e. The van der Waals surface area contributed by atoms with Crippen LogP contribution >= 0.6 is 0 Å². The summed E-state index contributed by atoms with van der Waals surface area (Å²) in [4.78, 5) is 12.5. The summed E-state index contributed by atoms with van der Waals surface area (Å²) in [6, 6.07) is 0.113. The van der Waals surface area contributed by atoms with Crippen molar-refractivity contribution in [3.63, 3.8) is 0 Å². The molecule has 24 heavy (non-hydrogen) atoms. The molecule has 10 nitrogen and oxygen atoms in total. The van der Waals surface area contributed by atoms with Gasteiger partial charge in [-0.2, -0.15) is 9.97 Å². The van der Waals surface area contributed by atoms with E-state index >= 15 is 0 Å². The topological polar surface area (TPSA) is 149 Å². The zero-order chi connectivity index (χ0) is 17.3. The minimum Gasteiger partial charge on any atom is -0.463 e. The Morgan fingerprint density at radius 2 is 2.12 bits per heavy atom. The van der Waals surface area contributed by atoms with Crippen molar-refractivity contribution in [1.82, 2.24) is 19.5 Å². The summed E-state index contributed by atoms with van der Waals surface area (Å²) in [5.41, 5.74) is 6.56. The highest BCUT2D eigenvalue weighted by Crippen LogP contribution is 2.32. The van der Waals surface area contributed by atoms with Crippen LogP contribution in [0.2, 0.25) is 0 Å². The van der Waals surface area contributed by atoms with Gasteiger partial charge in [-0.15, -0.1) is 0 Å². The van der Waals surface area contributed by atoms with Crippen LogP contribution in [0.1, 0.15) is 26.0 Å². The Balaban J connectivity index is 1.94. The third-order valence-electron chi connectivity index (χ3n) is 3.95. The Morgan fingerprint density at radius 1 is 1.33 bits per heavy atom. The molecular formula is C14H21N5O5. The van der Waals surface area contributed by atoms with Crippen molar-refractivity contribution in [1.29, 1.82) is 0 Å². The highest BCUT2D eigenvalue weighted by molar-refractivity contribution is 5.82. The fourth-order valence-corrected chi connectivity index (χ4v) is 2.59. The molecule has 0 bridgehead atoms. The van der Waals surface area contributed by atoms with E-state index in [1.807, 2.05) is 6.92 Å². The van der Waals surface area contributed by atoms with Crippen LogP contribution in [0.5, 0.6) is 6.01 Å².